The Kier molecular flexibility index (Phi) is 2.63. The van der Waals surface area contributed by atoms with Crippen LogP contribution in [-0.2, 0) is 9.06 Å². The molecular formula is C2H7NO2S2. The molecule has 5 heteroatoms. The lowest BCUT2D eigenvalue weighted by Gasteiger charge is -1.86. The van der Waals surface area contributed by atoms with Crippen molar-refractivity contribution in [3.63, 3.8) is 0 Å². The third kappa shape index (κ3) is 6.26. The van der Waals surface area contributed by atoms with Gasteiger partial charge in [0.1, 0.15) is 0 Å². The van der Waals surface area contributed by atoms with Crippen molar-refractivity contribution in [2.24, 2.45) is 5.14 Å². The summed E-state index contributed by atoms with van der Waals surface area (Å²) in [7, 11) is -2.52. The summed E-state index contributed by atoms with van der Waals surface area (Å²) < 4.78 is 19.9. The molecule has 0 radical (unpaired) electrons. The highest BCUT2D eigenvalue weighted by atomic mass is 33.1. The zero-order valence-electron chi connectivity index (χ0n) is 3.92. The van der Waals surface area contributed by atoms with E-state index < -0.39 is 9.06 Å². The summed E-state index contributed by atoms with van der Waals surface area (Å²) in [5, 5.41) is 4.58. The lowest BCUT2D eigenvalue weighted by molar-refractivity contribution is 0.612. The molecule has 0 aromatic heterocycles. The van der Waals surface area contributed by atoms with E-state index in [4.69, 9.17) is 0 Å². The van der Waals surface area contributed by atoms with Gasteiger partial charge >= 0.3 is 0 Å². The van der Waals surface area contributed by atoms with Crippen molar-refractivity contribution in [2.75, 3.05) is 5.75 Å². The lowest BCUT2D eigenvalue weighted by Crippen LogP contribution is -2.05. The molecule has 0 rings (SSSR count). The van der Waals surface area contributed by atoms with Gasteiger partial charge in [-0.2, -0.15) is 0 Å². The van der Waals surface area contributed by atoms with Crippen LogP contribution in [0.5, 0.6) is 0 Å². The zero-order valence-corrected chi connectivity index (χ0v) is 5.55. The van der Waals surface area contributed by atoms with Crippen LogP contribution in [-0.4, -0.2) is 14.2 Å². The summed E-state index contributed by atoms with van der Waals surface area (Å²) in [4.78, 5) is 0. The van der Waals surface area contributed by atoms with E-state index in [1.165, 1.54) is 0 Å². The van der Waals surface area contributed by atoms with Crippen LogP contribution in [0.3, 0.4) is 0 Å². The van der Waals surface area contributed by atoms with E-state index in [9.17, 15) is 8.42 Å². The van der Waals surface area contributed by atoms with Crippen LogP contribution < -0.4 is 5.14 Å². The van der Waals surface area contributed by atoms with Crippen LogP contribution in [0.15, 0.2) is 0 Å². The predicted octanol–water partition coefficient (Wildman–Crippen LogP) is -0.0570. The molecule has 0 fully saturated rings. The molecule has 0 saturated carbocycles. The van der Waals surface area contributed by atoms with Crippen molar-refractivity contribution in [3.05, 3.63) is 0 Å². The summed E-state index contributed by atoms with van der Waals surface area (Å²) >= 11 is 0. The molecule has 0 aliphatic carbocycles. The zero-order chi connectivity index (χ0) is 5.91. The van der Waals surface area contributed by atoms with E-state index in [1.54, 1.807) is 6.92 Å². The number of hydrogen-bond donors (Lipinski definition) is 1. The van der Waals surface area contributed by atoms with Gasteiger partial charge in [0.05, 0.1) is 0 Å². The van der Waals surface area contributed by atoms with Gasteiger partial charge < -0.3 is 0 Å². The van der Waals surface area contributed by atoms with Gasteiger partial charge in [-0.3, -0.25) is 0 Å². The third-order valence-electron chi connectivity index (χ3n) is 0.282. The number of nitrogens with two attached hydrogens (primary N) is 1. The lowest BCUT2D eigenvalue weighted by atomic mass is 11.0. The molecule has 0 bridgehead atoms. The molecule has 0 aliphatic heterocycles. The van der Waals surface area contributed by atoms with E-state index in [-0.39, 0.29) is 0 Å². The quantitative estimate of drug-likeness (QED) is 0.548. The van der Waals surface area contributed by atoms with Gasteiger partial charge in [0.2, 0.25) is 0 Å². The van der Waals surface area contributed by atoms with E-state index in [0.717, 1.165) is 10.8 Å². The summed E-state index contributed by atoms with van der Waals surface area (Å²) in [5.74, 6) is 0.513. The van der Waals surface area contributed by atoms with Crippen LogP contribution in [0.4, 0.5) is 0 Å². The van der Waals surface area contributed by atoms with E-state index in [0.29, 0.717) is 5.75 Å². The Balaban J connectivity index is 3.60. The van der Waals surface area contributed by atoms with Crippen LogP contribution in [0.2, 0.25) is 0 Å². The highest BCUT2D eigenvalue weighted by molar-refractivity contribution is 8.71. The summed E-state index contributed by atoms with van der Waals surface area (Å²) in [6, 6.07) is 0. The Hall–Kier alpha value is 0.260. The van der Waals surface area contributed by atoms with Crippen LogP contribution >= 0.6 is 10.8 Å². The van der Waals surface area contributed by atoms with Crippen molar-refractivity contribution in [3.8, 4) is 0 Å². The maximum Gasteiger partial charge on any atom is 0.262 e. The Morgan fingerprint density at radius 3 is 2.14 bits per heavy atom. The average molecular weight is 141 g/mol. The van der Waals surface area contributed by atoms with Crippen molar-refractivity contribution in [2.45, 2.75) is 6.92 Å². The topological polar surface area (TPSA) is 60.2 Å². The summed E-state index contributed by atoms with van der Waals surface area (Å²) in [6.45, 7) is 1.73. The normalized spacial score (nSPS) is 11.7. The van der Waals surface area contributed by atoms with Gasteiger partial charge in [0.25, 0.3) is 9.06 Å². The minimum absolute atomic E-state index is 0.513. The standard InChI is InChI=1S/C2H7NO2S2/c1-2-6-7(3,4)5/h2H2,1H3,(H2,3,4,5). The first-order valence-electron chi connectivity index (χ1n) is 1.73. The molecule has 0 heterocycles. The van der Waals surface area contributed by atoms with E-state index in [1.807, 2.05) is 0 Å². The second kappa shape index (κ2) is 2.54. The number of rotatable bonds is 2. The Labute approximate surface area is 46.7 Å². The molecule has 44 valence electrons. The second-order valence-corrected chi connectivity index (χ2v) is 4.80. The third-order valence-corrected chi connectivity index (χ3v) is 2.54. The SMILES string of the molecule is CCSS(N)(=O)=O. The fourth-order valence-electron chi connectivity index (χ4n) is 0.164. The van der Waals surface area contributed by atoms with Crippen LogP contribution in [0, 0.1) is 0 Å². The Morgan fingerprint density at radius 1 is 1.71 bits per heavy atom. The highest BCUT2D eigenvalue weighted by Crippen LogP contribution is 2.03. The summed E-state index contributed by atoms with van der Waals surface area (Å²) in [5.41, 5.74) is 0. The first-order chi connectivity index (χ1) is 3.06. The van der Waals surface area contributed by atoms with Crippen molar-refractivity contribution < 1.29 is 8.42 Å². The van der Waals surface area contributed by atoms with E-state index in [2.05, 4.69) is 5.14 Å². The number of hydrogen-bond acceptors (Lipinski definition) is 3. The van der Waals surface area contributed by atoms with Gasteiger partial charge in [-0.25, -0.2) is 13.6 Å². The fourth-order valence-corrected chi connectivity index (χ4v) is 1.48. The molecule has 7 heavy (non-hydrogen) atoms. The maximum atomic E-state index is 9.97. The van der Waals surface area contributed by atoms with Gasteiger partial charge in [-0.05, 0) is 10.8 Å². The molecule has 0 spiro atoms. The first-order valence-corrected chi connectivity index (χ1v) is 4.78. The Morgan fingerprint density at radius 2 is 2.14 bits per heavy atom. The van der Waals surface area contributed by atoms with Gasteiger partial charge in [0, 0.05) is 5.75 Å². The maximum absolute atomic E-state index is 9.97. The van der Waals surface area contributed by atoms with Crippen LogP contribution in [0.1, 0.15) is 6.92 Å². The molecule has 0 unspecified atom stereocenters. The first kappa shape index (κ1) is 7.26. The second-order valence-electron chi connectivity index (χ2n) is 0.899. The minimum Gasteiger partial charge on any atom is -0.220 e. The largest absolute Gasteiger partial charge is 0.262 e. The van der Waals surface area contributed by atoms with Gasteiger partial charge in [-0.15, -0.1) is 0 Å². The van der Waals surface area contributed by atoms with Crippen molar-refractivity contribution in [1.29, 1.82) is 0 Å². The Bertz CT molecular complexity index is 127. The molecule has 0 aliphatic rings. The predicted molar refractivity (Wildman–Crippen MR) is 31.2 cm³/mol. The molecule has 0 aromatic carbocycles. The minimum atomic E-state index is -3.26. The molecule has 2 N–H and O–H groups in total. The molecular weight excluding hydrogens is 134 g/mol. The van der Waals surface area contributed by atoms with Crippen LogP contribution in [0.25, 0.3) is 0 Å². The van der Waals surface area contributed by atoms with Gasteiger partial charge in [-0.1, -0.05) is 6.92 Å². The molecule has 3 nitrogen and oxygen atoms in total. The smallest absolute Gasteiger partial charge is 0.220 e. The molecule has 0 aromatic rings. The molecule has 0 amide bonds. The van der Waals surface area contributed by atoms with Gasteiger partial charge in [0.15, 0.2) is 0 Å². The summed E-state index contributed by atoms with van der Waals surface area (Å²) in [6.07, 6.45) is 0. The fraction of sp³-hybridized carbons (Fsp3) is 1.00. The van der Waals surface area contributed by atoms with E-state index >= 15 is 0 Å². The molecule has 0 atom stereocenters. The monoisotopic (exact) mass is 141 g/mol. The highest BCUT2D eigenvalue weighted by Gasteiger charge is 1.96. The molecule has 0 saturated heterocycles. The average Bonchev–Trinajstić information content (AvgIpc) is 1.30. The van der Waals surface area contributed by atoms with Crippen molar-refractivity contribution in [1.82, 2.24) is 0 Å². The van der Waals surface area contributed by atoms with Crippen molar-refractivity contribution >= 4 is 19.8 Å².